The summed E-state index contributed by atoms with van der Waals surface area (Å²) < 4.78 is 187. The highest BCUT2D eigenvalue weighted by atomic mass is 32.2. The molecule has 0 N–H and O–H groups in total. The summed E-state index contributed by atoms with van der Waals surface area (Å²) in [5, 5.41) is -2.61. The first-order chi connectivity index (χ1) is 61.7. The number of nitrogens with zero attached hydrogens (tertiary/aromatic N) is 2. The monoisotopic (exact) mass is 2020 g/mol. The van der Waals surface area contributed by atoms with Crippen molar-refractivity contribution >= 4 is 79.1 Å². The number of hydrogen-bond acceptors (Lipinski definition) is 16. The van der Waals surface area contributed by atoms with Gasteiger partial charge in [-0.25, -0.2) is 76.0 Å². The zero-order valence-electron chi connectivity index (χ0n) is 92.9. The zero-order valence-corrected chi connectivity index (χ0v) is 99.5. The predicted octanol–water partition coefficient (Wildman–Crippen LogP) is 31.4. The third-order valence-corrected chi connectivity index (χ3v) is 31.8. The van der Waals surface area contributed by atoms with Crippen molar-refractivity contribution in [2.75, 3.05) is 26.2 Å². The summed E-state index contributed by atoms with van der Waals surface area (Å²) in [7, 11) is -24.3. The maximum Gasteiger partial charge on any atom is 0.216 e. The van der Waals surface area contributed by atoms with Crippen LogP contribution >= 0.6 is 0 Å². The average molecular weight is 2020 g/mol. The van der Waals surface area contributed by atoms with E-state index in [2.05, 4.69) is 111 Å². The van der Waals surface area contributed by atoms with Crippen molar-refractivity contribution in [3.8, 4) is 0 Å². The Hall–Kier alpha value is -5.16. The normalized spacial score (nSPS) is 11.5. The molecular weight excluding hydrogens is 1810 g/mol. The molecule has 6 aromatic carbocycles. The summed E-state index contributed by atoms with van der Waals surface area (Å²) in [6.45, 7) is 92.0. The van der Waals surface area contributed by atoms with Crippen molar-refractivity contribution in [2.24, 2.45) is 0 Å². The molecule has 0 saturated carbocycles. The van der Waals surface area contributed by atoms with E-state index in [0.29, 0.717) is 29.4 Å². The molecule has 0 aromatic heterocycles. The molecule has 2 heterocycles. The lowest BCUT2D eigenvalue weighted by Crippen LogP contribution is -2.33. The van der Waals surface area contributed by atoms with Crippen LogP contribution in [0.1, 0.15) is 396 Å². The van der Waals surface area contributed by atoms with Crippen LogP contribution in [0, 0.1) is 0 Å². The molecule has 2 fully saturated rings. The minimum atomic E-state index is -3.08. The molecule has 0 atom stereocenters. The van der Waals surface area contributed by atoms with Gasteiger partial charge in [-0.3, -0.25) is 0 Å². The second-order valence-corrected chi connectivity index (χ2v) is 49.5. The van der Waals surface area contributed by atoms with Gasteiger partial charge in [0.05, 0.1) is 71.4 Å². The first-order valence-corrected chi connectivity index (χ1v) is 61.7. The van der Waals surface area contributed by atoms with Crippen molar-refractivity contribution in [3.05, 3.63) is 182 Å². The fourth-order valence-corrected chi connectivity index (χ4v) is 17.0. The van der Waals surface area contributed by atoms with Crippen LogP contribution in [0.4, 0.5) is 0 Å². The lowest BCUT2D eigenvalue weighted by molar-refractivity contribution is 0.469. The number of sulfonamides is 2. The van der Waals surface area contributed by atoms with Crippen LogP contribution in [0.5, 0.6) is 0 Å². The Kier molecular flexibility index (Phi) is 127. The van der Waals surface area contributed by atoms with Crippen LogP contribution in [0.25, 0.3) is 0 Å². The van der Waals surface area contributed by atoms with E-state index in [4.69, 9.17) is 0 Å². The SMILES string of the molecule is CC.CC.CC.CC.CC.CC.CC.CC(C)S(=O)(=O)N1CCCC1.CC(C)S(=O)(=O)N1CCCC1.CC(C)S(=O)(=O)c1ccccc1.CC(C)S(=O)(=O)c1ccccc1.CC(C)S(=O)(=O)c1ccccc1.CC(C)S(=O)(=O)c1ccccc1.CC(C)S(=O)(=O)c1ccccc1.CC(C)S(=O)(=O)c1ccccc1.CCC.CCC.CCC.CCC.CCC.CCC.CCC.CCC. The second-order valence-electron chi connectivity index (χ2n) is 29.5. The molecule has 2 aliphatic heterocycles. The van der Waals surface area contributed by atoms with Gasteiger partial charge in [0, 0.05) is 26.2 Å². The summed E-state index contributed by atoms with van der Waals surface area (Å²) in [4.78, 5) is 2.42. The van der Waals surface area contributed by atoms with Crippen LogP contribution in [-0.4, -0.2) is 144 Å². The molecule has 2 aliphatic rings. The largest absolute Gasteiger partial charge is 0.223 e. The molecule has 0 amide bonds. The summed E-state index contributed by atoms with van der Waals surface area (Å²) in [6, 6.07) is 51.1. The number of rotatable bonds is 16. The minimum absolute atomic E-state index is 0.263. The minimum Gasteiger partial charge on any atom is -0.223 e. The molecule has 0 bridgehead atoms. The van der Waals surface area contributed by atoms with Gasteiger partial charge in [-0.05, 0) is 209 Å². The van der Waals surface area contributed by atoms with Crippen LogP contribution in [0.3, 0.4) is 0 Å². The predicted molar refractivity (Wildman–Crippen MR) is 589 cm³/mol. The van der Waals surface area contributed by atoms with Gasteiger partial charge in [0.2, 0.25) is 20.0 Å². The van der Waals surface area contributed by atoms with E-state index in [9.17, 15) is 67.3 Å². The van der Waals surface area contributed by atoms with Crippen molar-refractivity contribution < 1.29 is 67.3 Å². The van der Waals surface area contributed by atoms with Gasteiger partial charge < -0.3 is 0 Å². The number of sulfone groups is 6. The quantitative estimate of drug-likeness (QED) is 0.0870. The highest BCUT2D eigenvalue weighted by molar-refractivity contribution is 7.93. The fraction of sp³-hybridized carbons (Fsp3) is 0.660. The van der Waals surface area contributed by atoms with Gasteiger partial charge in [-0.2, -0.15) is 0 Å². The topological polar surface area (TPSA) is 280 Å². The van der Waals surface area contributed by atoms with E-state index < -0.39 is 79.1 Å². The molecule has 0 radical (unpaired) electrons. The summed E-state index contributed by atoms with van der Waals surface area (Å²) in [5.74, 6) is 0. The molecule has 6 aromatic rings. The van der Waals surface area contributed by atoms with Crippen LogP contribution < -0.4 is 0 Å². The second kappa shape index (κ2) is 105. The van der Waals surface area contributed by atoms with Crippen LogP contribution in [-0.2, 0) is 79.1 Å². The van der Waals surface area contributed by atoms with Crippen molar-refractivity contribution in [1.29, 1.82) is 0 Å². The molecule has 0 spiro atoms. The Morgan fingerprint density at radius 3 is 0.326 bits per heavy atom. The van der Waals surface area contributed by atoms with Crippen molar-refractivity contribution in [1.82, 2.24) is 8.61 Å². The highest BCUT2D eigenvalue weighted by Crippen LogP contribution is 2.21. The molecule has 8 rings (SSSR count). The lowest BCUT2D eigenvalue weighted by Gasteiger charge is -2.17. The van der Waals surface area contributed by atoms with Crippen LogP contribution in [0.2, 0.25) is 0 Å². The Morgan fingerprint density at radius 1 is 0.174 bits per heavy atom. The van der Waals surface area contributed by atoms with E-state index in [1.165, 1.54) is 51.4 Å². The van der Waals surface area contributed by atoms with E-state index in [0.717, 1.165) is 51.9 Å². The molecule has 26 heteroatoms. The van der Waals surface area contributed by atoms with E-state index in [-0.39, 0.29) is 42.0 Å². The van der Waals surface area contributed by atoms with Gasteiger partial charge in [0.25, 0.3) is 0 Å². The van der Waals surface area contributed by atoms with Crippen LogP contribution in [0.15, 0.2) is 211 Å². The van der Waals surface area contributed by atoms with Gasteiger partial charge in [0.1, 0.15) is 0 Å². The van der Waals surface area contributed by atoms with Gasteiger partial charge in [0.15, 0.2) is 59.0 Å². The van der Waals surface area contributed by atoms with E-state index in [1.54, 1.807) is 301 Å². The van der Waals surface area contributed by atoms with E-state index >= 15 is 0 Å². The standard InChI is InChI=1S/6C9H12O2S.2C7H15NO2S.8C3H8.7C2H6/c6*1-8(2)12(10,11)9-6-4-3-5-7-9;2*1-7(2)11(9,10)8-5-3-4-6-8;8*1-3-2;7*1-2/h6*3-8H,1-2H3;2*7H,3-6H2,1-2H3;8*3H2,1-2H3;7*1-2H3. The Labute approximate surface area is 823 Å². The Balaban J connectivity index is -0.0000000864. The molecule has 0 aliphatic carbocycles. The van der Waals surface area contributed by atoms with Crippen molar-refractivity contribution in [2.45, 2.75) is 467 Å². The van der Waals surface area contributed by atoms with Gasteiger partial charge >= 0.3 is 0 Å². The molecule has 18 nitrogen and oxygen atoms in total. The average Bonchev–Trinajstić information content (AvgIpc) is 1.69. The third kappa shape index (κ3) is 82.0. The lowest BCUT2D eigenvalue weighted by atomic mass is 10.4. The molecule has 786 valence electrons. The Bertz CT molecular complexity index is 3600. The Morgan fingerprint density at radius 2 is 0.258 bits per heavy atom. The first-order valence-electron chi connectivity index (χ1n) is 49.4. The molecule has 132 heavy (non-hydrogen) atoms. The van der Waals surface area contributed by atoms with Gasteiger partial charge in [-0.1, -0.05) is 368 Å². The molecular formula is C106H208N2O16S8. The molecule has 2 saturated heterocycles. The maximum absolute atomic E-state index is 11.5. The summed E-state index contributed by atoms with van der Waals surface area (Å²) in [6.07, 6.45) is 14.1. The van der Waals surface area contributed by atoms with E-state index in [1.807, 2.05) is 96.9 Å². The fourth-order valence-electron chi connectivity index (χ4n) is 7.78. The molecule has 0 unspecified atom stereocenters. The first kappa shape index (κ1) is 161. The zero-order chi connectivity index (χ0) is 108. The maximum atomic E-state index is 11.5. The summed E-state index contributed by atoms with van der Waals surface area (Å²) in [5.41, 5.74) is 0. The smallest absolute Gasteiger partial charge is 0.216 e. The third-order valence-electron chi connectivity index (χ3n) is 14.2. The van der Waals surface area contributed by atoms with Crippen molar-refractivity contribution in [3.63, 3.8) is 0 Å². The highest BCUT2D eigenvalue weighted by Gasteiger charge is 2.29. The van der Waals surface area contributed by atoms with Gasteiger partial charge in [-0.15, -0.1) is 0 Å². The number of benzene rings is 6. The number of hydrogen-bond donors (Lipinski definition) is 0. The summed E-state index contributed by atoms with van der Waals surface area (Å²) >= 11 is 0.